The Hall–Kier alpha value is -0.200. The number of nitrogens with zero attached hydrogens (tertiary/aromatic N) is 2. The molecule has 1 unspecified atom stereocenters. The summed E-state index contributed by atoms with van der Waals surface area (Å²) in [5.41, 5.74) is 3.20. The minimum atomic E-state index is -0.417. The summed E-state index contributed by atoms with van der Waals surface area (Å²) in [6, 6.07) is 0. The molecule has 14 heavy (non-hydrogen) atoms. The number of hydrogen-bond acceptors (Lipinski definition) is 5. The van der Waals surface area contributed by atoms with Crippen LogP contribution in [0.4, 0.5) is 0 Å². The highest BCUT2D eigenvalue weighted by Crippen LogP contribution is 1.95. The number of aliphatic hydroxyl groups excluding tert-OH is 1. The maximum Gasteiger partial charge on any atom is 0.0911 e. The molecule has 1 aliphatic rings. The summed E-state index contributed by atoms with van der Waals surface area (Å²) >= 11 is 0. The normalized spacial score (nSPS) is 22.5. The van der Waals surface area contributed by atoms with Crippen LogP contribution in [-0.4, -0.2) is 74.6 Å². The fourth-order valence-electron chi connectivity index (χ4n) is 1.45. The third-order valence-corrected chi connectivity index (χ3v) is 2.41. The molecule has 0 aromatic rings. The highest BCUT2D eigenvalue weighted by molar-refractivity contribution is 4.67. The van der Waals surface area contributed by atoms with Crippen LogP contribution in [0.25, 0.3) is 0 Å². The van der Waals surface area contributed by atoms with Crippen molar-refractivity contribution in [2.75, 3.05) is 53.5 Å². The summed E-state index contributed by atoms with van der Waals surface area (Å²) in [5, 5.41) is 11.6. The number of methoxy groups -OCH3 is 1. The van der Waals surface area contributed by atoms with Gasteiger partial charge in [0.05, 0.1) is 12.7 Å². The first-order chi connectivity index (χ1) is 6.72. The van der Waals surface area contributed by atoms with Crippen molar-refractivity contribution < 1.29 is 9.84 Å². The number of piperazine rings is 1. The molecule has 0 spiro atoms. The van der Waals surface area contributed by atoms with Crippen molar-refractivity contribution in [1.82, 2.24) is 15.3 Å². The molecule has 0 bridgehead atoms. The van der Waals surface area contributed by atoms with Crippen LogP contribution in [0.2, 0.25) is 0 Å². The summed E-state index contributed by atoms with van der Waals surface area (Å²) in [5.74, 6) is 0. The van der Waals surface area contributed by atoms with Gasteiger partial charge in [-0.2, -0.15) is 0 Å². The van der Waals surface area contributed by atoms with E-state index in [2.05, 4.69) is 22.4 Å². The van der Waals surface area contributed by atoms with Gasteiger partial charge in [-0.1, -0.05) is 0 Å². The molecule has 0 radical (unpaired) electrons. The summed E-state index contributed by atoms with van der Waals surface area (Å²) in [6.45, 7) is 5.13. The second kappa shape index (κ2) is 6.31. The molecule has 5 nitrogen and oxygen atoms in total. The van der Waals surface area contributed by atoms with Crippen LogP contribution in [0.5, 0.6) is 0 Å². The van der Waals surface area contributed by atoms with Crippen molar-refractivity contribution in [1.29, 1.82) is 0 Å². The van der Waals surface area contributed by atoms with E-state index in [9.17, 15) is 5.11 Å². The molecule has 0 amide bonds. The van der Waals surface area contributed by atoms with E-state index in [0.717, 1.165) is 26.2 Å². The molecule has 0 aliphatic carbocycles. The summed E-state index contributed by atoms with van der Waals surface area (Å²) in [7, 11) is 3.72. The first-order valence-corrected chi connectivity index (χ1v) is 5.06. The molecule has 0 aromatic heterocycles. The van der Waals surface area contributed by atoms with Crippen molar-refractivity contribution in [3.63, 3.8) is 0 Å². The zero-order valence-electron chi connectivity index (χ0n) is 9.07. The van der Waals surface area contributed by atoms with Crippen LogP contribution in [0, 0.1) is 0 Å². The minimum absolute atomic E-state index is 0.390. The molecule has 1 aliphatic heterocycles. The van der Waals surface area contributed by atoms with E-state index in [1.165, 1.54) is 0 Å². The fraction of sp³-hybridized carbons (Fsp3) is 1.00. The van der Waals surface area contributed by atoms with Crippen LogP contribution in [0.1, 0.15) is 0 Å². The Morgan fingerprint density at radius 3 is 2.57 bits per heavy atom. The average Bonchev–Trinajstić information content (AvgIpc) is 2.17. The molecule has 1 saturated heterocycles. The largest absolute Gasteiger partial charge is 0.389 e. The van der Waals surface area contributed by atoms with Crippen molar-refractivity contribution in [3.05, 3.63) is 0 Å². The number of ether oxygens (including phenoxy) is 1. The Morgan fingerprint density at radius 1 is 1.36 bits per heavy atom. The lowest BCUT2D eigenvalue weighted by atomic mass is 10.3. The van der Waals surface area contributed by atoms with Gasteiger partial charge in [-0.3, -0.25) is 5.43 Å². The molecule has 1 atom stereocenters. The molecule has 1 heterocycles. The zero-order valence-corrected chi connectivity index (χ0v) is 9.07. The van der Waals surface area contributed by atoms with Crippen LogP contribution >= 0.6 is 0 Å². The van der Waals surface area contributed by atoms with Gasteiger partial charge >= 0.3 is 0 Å². The van der Waals surface area contributed by atoms with Gasteiger partial charge in [-0.15, -0.1) is 0 Å². The molecule has 84 valence electrons. The van der Waals surface area contributed by atoms with Crippen LogP contribution in [0.3, 0.4) is 0 Å². The maximum atomic E-state index is 9.41. The van der Waals surface area contributed by atoms with E-state index >= 15 is 0 Å². The Balaban J connectivity index is 2.06. The quantitative estimate of drug-likeness (QED) is 0.584. The molecular formula is C9H21N3O2. The van der Waals surface area contributed by atoms with E-state index in [1.54, 1.807) is 7.11 Å². The van der Waals surface area contributed by atoms with Crippen molar-refractivity contribution in [3.8, 4) is 0 Å². The van der Waals surface area contributed by atoms with E-state index in [-0.39, 0.29) is 0 Å². The predicted octanol–water partition coefficient (Wildman–Crippen LogP) is -1.25. The molecule has 2 N–H and O–H groups in total. The maximum absolute atomic E-state index is 9.41. The molecule has 1 rings (SSSR count). The van der Waals surface area contributed by atoms with E-state index in [0.29, 0.717) is 13.2 Å². The van der Waals surface area contributed by atoms with Gasteiger partial charge in [0.2, 0.25) is 0 Å². The molecule has 0 saturated carbocycles. The van der Waals surface area contributed by atoms with Crippen molar-refractivity contribution in [2.24, 2.45) is 0 Å². The van der Waals surface area contributed by atoms with Gasteiger partial charge in [0.25, 0.3) is 0 Å². The predicted molar refractivity (Wildman–Crippen MR) is 55.0 cm³/mol. The third kappa shape index (κ3) is 4.34. The van der Waals surface area contributed by atoms with Crippen molar-refractivity contribution >= 4 is 0 Å². The number of hydrogen-bond donors (Lipinski definition) is 2. The Morgan fingerprint density at radius 2 is 2.00 bits per heavy atom. The zero-order chi connectivity index (χ0) is 10.4. The SMILES string of the molecule is COCC(O)CNN1CCN(C)CC1. The van der Waals surface area contributed by atoms with Crippen LogP contribution in [0.15, 0.2) is 0 Å². The molecule has 1 fully saturated rings. The minimum Gasteiger partial charge on any atom is -0.389 e. The first kappa shape index (κ1) is 11.9. The standard InChI is InChI=1S/C9H21N3O2/c1-11-3-5-12(6-4-11)10-7-9(13)8-14-2/h9-10,13H,3-8H2,1-2H3. The highest BCUT2D eigenvalue weighted by Gasteiger charge is 2.14. The Kier molecular flexibility index (Phi) is 5.36. The number of nitrogens with one attached hydrogen (secondary N) is 1. The topological polar surface area (TPSA) is 48.0 Å². The molecular weight excluding hydrogens is 182 g/mol. The number of rotatable bonds is 5. The Bertz CT molecular complexity index is 149. The van der Waals surface area contributed by atoms with Crippen LogP contribution < -0.4 is 5.43 Å². The number of likely N-dealkylation sites (N-methyl/N-ethyl adjacent to an activating group) is 1. The number of aliphatic hydroxyl groups is 1. The van der Waals surface area contributed by atoms with E-state index in [4.69, 9.17) is 4.74 Å². The smallest absolute Gasteiger partial charge is 0.0911 e. The monoisotopic (exact) mass is 203 g/mol. The molecule has 5 heteroatoms. The number of hydrazine groups is 1. The Labute approximate surface area is 85.6 Å². The van der Waals surface area contributed by atoms with E-state index < -0.39 is 6.10 Å². The van der Waals surface area contributed by atoms with Gasteiger partial charge in [-0.25, -0.2) is 5.01 Å². The van der Waals surface area contributed by atoms with E-state index in [1.807, 2.05) is 0 Å². The lowest BCUT2D eigenvalue weighted by molar-refractivity contribution is 0.0344. The van der Waals surface area contributed by atoms with Crippen LogP contribution in [-0.2, 0) is 4.74 Å². The third-order valence-electron chi connectivity index (χ3n) is 2.41. The summed E-state index contributed by atoms with van der Waals surface area (Å²) in [6.07, 6.45) is -0.417. The first-order valence-electron chi connectivity index (χ1n) is 5.06. The second-order valence-corrected chi connectivity index (χ2v) is 3.76. The van der Waals surface area contributed by atoms with Gasteiger partial charge in [0, 0.05) is 39.8 Å². The van der Waals surface area contributed by atoms with Gasteiger partial charge in [-0.05, 0) is 7.05 Å². The van der Waals surface area contributed by atoms with Gasteiger partial charge in [0.15, 0.2) is 0 Å². The summed E-state index contributed by atoms with van der Waals surface area (Å²) in [4.78, 5) is 2.30. The lowest BCUT2D eigenvalue weighted by Crippen LogP contribution is -2.52. The fourth-order valence-corrected chi connectivity index (χ4v) is 1.45. The summed E-state index contributed by atoms with van der Waals surface area (Å²) < 4.78 is 4.84. The second-order valence-electron chi connectivity index (χ2n) is 3.76. The van der Waals surface area contributed by atoms with Gasteiger partial charge < -0.3 is 14.7 Å². The van der Waals surface area contributed by atoms with Gasteiger partial charge in [0.1, 0.15) is 0 Å². The molecule has 0 aromatic carbocycles. The highest BCUT2D eigenvalue weighted by atomic mass is 16.5. The lowest BCUT2D eigenvalue weighted by Gasteiger charge is -2.33. The average molecular weight is 203 g/mol. The van der Waals surface area contributed by atoms with Crippen molar-refractivity contribution in [2.45, 2.75) is 6.10 Å².